The Morgan fingerprint density at radius 2 is 2.00 bits per heavy atom. The molecule has 0 unspecified atom stereocenters. The van der Waals surface area contributed by atoms with Crippen LogP contribution < -0.4 is 14.8 Å². The lowest BCUT2D eigenvalue weighted by atomic mass is 10.1. The van der Waals surface area contributed by atoms with E-state index in [-0.39, 0.29) is 0 Å². The molecule has 0 amide bonds. The van der Waals surface area contributed by atoms with Crippen LogP contribution in [0.15, 0.2) is 54.0 Å². The van der Waals surface area contributed by atoms with Crippen LogP contribution in [0.2, 0.25) is 5.02 Å². The predicted octanol–water partition coefficient (Wildman–Crippen LogP) is 5.46. The molecule has 0 aliphatic heterocycles. The highest BCUT2D eigenvalue weighted by Crippen LogP contribution is 2.33. The number of ether oxygens (including phenoxy) is 2. The summed E-state index contributed by atoms with van der Waals surface area (Å²) in [6.45, 7) is 0. The van der Waals surface area contributed by atoms with E-state index in [2.05, 4.69) is 16.4 Å². The smallest absolute Gasteiger partial charge is 0.161 e. The molecule has 0 spiro atoms. The van der Waals surface area contributed by atoms with E-state index in [0.29, 0.717) is 27.1 Å². The SMILES string of the molecule is COc1ccc(-c2csc(/C(C#N)=C/Nc3cccc(Cl)c3)n2)cc1OC. The molecule has 2 aromatic carbocycles. The summed E-state index contributed by atoms with van der Waals surface area (Å²) >= 11 is 7.37. The molecule has 0 fully saturated rings. The minimum Gasteiger partial charge on any atom is -0.493 e. The van der Waals surface area contributed by atoms with Crippen molar-refractivity contribution in [3.8, 4) is 28.8 Å². The van der Waals surface area contributed by atoms with Crippen LogP contribution in [-0.2, 0) is 0 Å². The van der Waals surface area contributed by atoms with Crippen molar-refractivity contribution in [3.63, 3.8) is 0 Å². The van der Waals surface area contributed by atoms with E-state index in [1.54, 1.807) is 32.6 Å². The lowest BCUT2D eigenvalue weighted by molar-refractivity contribution is 0.355. The third-order valence-electron chi connectivity index (χ3n) is 3.74. The fourth-order valence-electron chi connectivity index (χ4n) is 2.40. The number of methoxy groups -OCH3 is 2. The Hall–Kier alpha value is -3.01. The zero-order chi connectivity index (χ0) is 19.2. The van der Waals surface area contributed by atoms with Gasteiger partial charge in [-0.15, -0.1) is 11.3 Å². The monoisotopic (exact) mass is 397 g/mol. The zero-order valence-corrected chi connectivity index (χ0v) is 16.3. The number of nitrogens with one attached hydrogen (secondary N) is 1. The lowest BCUT2D eigenvalue weighted by Gasteiger charge is -2.08. The van der Waals surface area contributed by atoms with Gasteiger partial charge in [0.1, 0.15) is 16.6 Å². The van der Waals surface area contributed by atoms with Crippen molar-refractivity contribution in [3.05, 3.63) is 64.1 Å². The first-order chi connectivity index (χ1) is 13.1. The molecule has 1 heterocycles. The third kappa shape index (κ3) is 4.40. The van der Waals surface area contributed by atoms with Gasteiger partial charge in [-0.05, 0) is 36.4 Å². The molecular weight excluding hydrogens is 382 g/mol. The van der Waals surface area contributed by atoms with Crippen molar-refractivity contribution in [1.29, 1.82) is 5.26 Å². The Morgan fingerprint density at radius 3 is 2.70 bits per heavy atom. The van der Waals surface area contributed by atoms with E-state index in [0.717, 1.165) is 16.9 Å². The minimum atomic E-state index is 0.437. The van der Waals surface area contributed by atoms with E-state index >= 15 is 0 Å². The highest BCUT2D eigenvalue weighted by Gasteiger charge is 2.11. The van der Waals surface area contributed by atoms with E-state index in [1.807, 2.05) is 35.7 Å². The highest BCUT2D eigenvalue weighted by molar-refractivity contribution is 7.11. The fraction of sp³-hybridized carbons (Fsp3) is 0.100. The normalized spacial score (nSPS) is 11.0. The van der Waals surface area contributed by atoms with Crippen molar-refractivity contribution in [2.24, 2.45) is 0 Å². The molecule has 1 aromatic heterocycles. The summed E-state index contributed by atoms with van der Waals surface area (Å²) in [5.41, 5.74) is 2.88. The molecule has 0 bridgehead atoms. The van der Waals surface area contributed by atoms with Crippen molar-refractivity contribution in [2.75, 3.05) is 19.5 Å². The van der Waals surface area contributed by atoms with Crippen LogP contribution >= 0.6 is 22.9 Å². The summed E-state index contributed by atoms with van der Waals surface area (Å²) in [6, 6.07) is 15.0. The van der Waals surface area contributed by atoms with Crippen LogP contribution in [0.5, 0.6) is 11.5 Å². The number of rotatable bonds is 6. The van der Waals surface area contributed by atoms with E-state index in [9.17, 15) is 5.26 Å². The molecule has 0 saturated carbocycles. The van der Waals surface area contributed by atoms with Crippen LogP contribution in [0.3, 0.4) is 0 Å². The summed E-state index contributed by atoms with van der Waals surface area (Å²) in [5.74, 6) is 1.28. The van der Waals surface area contributed by atoms with Gasteiger partial charge in [-0.3, -0.25) is 0 Å². The number of nitrogens with zero attached hydrogens (tertiary/aromatic N) is 2. The largest absolute Gasteiger partial charge is 0.493 e. The van der Waals surface area contributed by atoms with Gasteiger partial charge in [0.15, 0.2) is 11.5 Å². The molecule has 3 rings (SSSR count). The topological polar surface area (TPSA) is 67.2 Å². The van der Waals surface area contributed by atoms with Crippen molar-refractivity contribution in [1.82, 2.24) is 4.98 Å². The number of benzene rings is 2. The Bertz CT molecular complexity index is 1020. The number of thiazole rings is 1. The molecule has 1 N–H and O–H groups in total. The number of aromatic nitrogens is 1. The van der Waals surface area contributed by atoms with Gasteiger partial charge in [-0.25, -0.2) is 4.98 Å². The third-order valence-corrected chi connectivity index (χ3v) is 4.85. The molecule has 0 aliphatic carbocycles. The number of anilines is 1. The number of allylic oxidation sites excluding steroid dienone is 1. The second-order valence-corrected chi connectivity index (χ2v) is 6.73. The maximum Gasteiger partial charge on any atom is 0.161 e. The van der Waals surface area contributed by atoms with Crippen LogP contribution in [0.4, 0.5) is 5.69 Å². The average Bonchev–Trinajstić information content (AvgIpc) is 3.18. The Balaban J connectivity index is 1.85. The van der Waals surface area contributed by atoms with Crippen molar-refractivity contribution in [2.45, 2.75) is 0 Å². The van der Waals surface area contributed by atoms with Gasteiger partial charge in [-0.2, -0.15) is 5.26 Å². The van der Waals surface area contributed by atoms with Gasteiger partial charge in [0.25, 0.3) is 0 Å². The van der Waals surface area contributed by atoms with Gasteiger partial charge in [0.05, 0.1) is 19.9 Å². The molecule has 0 saturated heterocycles. The summed E-state index contributed by atoms with van der Waals surface area (Å²) < 4.78 is 10.6. The van der Waals surface area contributed by atoms with Crippen LogP contribution in [0.1, 0.15) is 5.01 Å². The lowest BCUT2D eigenvalue weighted by Crippen LogP contribution is -1.92. The van der Waals surface area contributed by atoms with Gasteiger partial charge in [0.2, 0.25) is 0 Å². The molecule has 7 heteroatoms. The molecule has 3 aromatic rings. The maximum absolute atomic E-state index is 9.49. The molecule has 27 heavy (non-hydrogen) atoms. The molecular formula is C20H16ClN3O2S. The fourth-order valence-corrected chi connectivity index (χ4v) is 3.39. The van der Waals surface area contributed by atoms with E-state index in [1.165, 1.54) is 11.3 Å². The number of nitriles is 1. The minimum absolute atomic E-state index is 0.437. The summed E-state index contributed by atoms with van der Waals surface area (Å²) in [7, 11) is 3.18. The van der Waals surface area contributed by atoms with Crippen LogP contribution in [0.25, 0.3) is 16.8 Å². The Morgan fingerprint density at radius 1 is 1.19 bits per heavy atom. The second kappa shape index (κ2) is 8.58. The van der Waals surface area contributed by atoms with Crippen LogP contribution in [0, 0.1) is 11.3 Å². The maximum atomic E-state index is 9.49. The first-order valence-electron chi connectivity index (χ1n) is 7.95. The average molecular weight is 398 g/mol. The summed E-state index contributed by atoms with van der Waals surface area (Å²) in [5, 5.41) is 15.7. The first kappa shape index (κ1) is 18.8. The standard InChI is InChI=1S/C20H16ClN3O2S/c1-25-18-7-6-13(8-19(18)26-2)17-12-27-20(24-17)14(10-22)11-23-16-5-3-4-15(21)9-16/h3-9,11-12,23H,1-2H3/b14-11+. The van der Waals surface area contributed by atoms with Gasteiger partial charge in [0, 0.05) is 27.9 Å². The number of hydrogen-bond donors (Lipinski definition) is 1. The highest BCUT2D eigenvalue weighted by atomic mass is 35.5. The van der Waals surface area contributed by atoms with Crippen molar-refractivity contribution < 1.29 is 9.47 Å². The molecule has 136 valence electrons. The van der Waals surface area contributed by atoms with Gasteiger partial charge >= 0.3 is 0 Å². The molecule has 0 radical (unpaired) electrons. The van der Waals surface area contributed by atoms with Crippen LogP contribution in [-0.4, -0.2) is 19.2 Å². The molecule has 0 aliphatic rings. The van der Waals surface area contributed by atoms with Gasteiger partial charge < -0.3 is 14.8 Å². The van der Waals surface area contributed by atoms with Crippen molar-refractivity contribution >= 4 is 34.2 Å². The predicted molar refractivity (Wildman–Crippen MR) is 109 cm³/mol. The first-order valence-corrected chi connectivity index (χ1v) is 9.21. The van der Waals surface area contributed by atoms with E-state index < -0.39 is 0 Å². The Kier molecular flexibility index (Phi) is 5.97. The second-order valence-electron chi connectivity index (χ2n) is 5.43. The molecule has 0 atom stereocenters. The van der Waals surface area contributed by atoms with Gasteiger partial charge in [-0.1, -0.05) is 17.7 Å². The van der Waals surface area contributed by atoms with E-state index in [4.69, 9.17) is 21.1 Å². The zero-order valence-electron chi connectivity index (χ0n) is 14.7. The number of hydrogen-bond acceptors (Lipinski definition) is 6. The summed E-state index contributed by atoms with van der Waals surface area (Å²) in [6.07, 6.45) is 1.63. The Labute approximate surface area is 166 Å². The number of halogens is 1. The molecule has 5 nitrogen and oxygen atoms in total. The summed E-state index contributed by atoms with van der Waals surface area (Å²) in [4.78, 5) is 4.58. The quantitative estimate of drug-likeness (QED) is 0.559.